The van der Waals surface area contributed by atoms with Gasteiger partial charge in [-0.3, -0.25) is 9.59 Å². The van der Waals surface area contributed by atoms with Crippen molar-refractivity contribution in [3.63, 3.8) is 0 Å². The third-order valence-corrected chi connectivity index (χ3v) is 6.67. The van der Waals surface area contributed by atoms with Crippen molar-refractivity contribution in [2.24, 2.45) is 0 Å². The molecule has 15 heteroatoms. The second-order valence-electron chi connectivity index (χ2n) is 11.1. The predicted molar refractivity (Wildman–Crippen MR) is 189 cm³/mol. The van der Waals surface area contributed by atoms with Crippen LogP contribution in [-0.4, -0.2) is 171 Å². The minimum Gasteiger partial charge on any atom is -0.463 e. The highest BCUT2D eigenvalue weighted by Crippen LogP contribution is 2.01. The topological polar surface area (TPSA) is 154 Å². The van der Waals surface area contributed by atoms with E-state index < -0.39 is 0 Å². The Hall–Kier alpha value is -1.50. The first-order chi connectivity index (χ1) is 25.2. The lowest BCUT2D eigenvalue weighted by atomic mass is 10.2. The van der Waals surface area contributed by atoms with Gasteiger partial charge in [-0.2, -0.15) is 0 Å². The normalized spacial score (nSPS) is 11.3. The molecular weight excluding hydrogens is 672 g/mol. The summed E-state index contributed by atoms with van der Waals surface area (Å²) in [6, 6.07) is 0. The van der Waals surface area contributed by atoms with Crippen LogP contribution in [0.5, 0.6) is 0 Å². The van der Waals surface area contributed by atoms with Crippen LogP contribution in [0.1, 0.15) is 65.2 Å². The van der Waals surface area contributed by atoms with Crippen molar-refractivity contribution in [2.75, 3.05) is 159 Å². The molecule has 0 aliphatic heterocycles. The van der Waals surface area contributed by atoms with E-state index in [1.54, 1.807) is 0 Å². The lowest BCUT2D eigenvalue weighted by molar-refractivity contribution is -0.146. The van der Waals surface area contributed by atoms with Crippen molar-refractivity contribution in [1.29, 1.82) is 0 Å². The summed E-state index contributed by atoms with van der Waals surface area (Å²) in [7, 11) is 0. The number of ether oxygens (including phenoxy) is 13. The van der Waals surface area contributed by atoms with Crippen molar-refractivity contribution in [1.82, 2.24) is 0 Å². The molecule has 0 heterocycles. The molecule has 0 bridgehead atoms. The summed E-state index contributed by atoms with van der Waals surface area (Å²) in [6.07, 6.45) is 6.96. The van der Waals surface area contributed by atoms with E-state index in [-0.39, 0.29) is 25.2 Å². The largest absolute Gasteiger partial charge is 0.463 e. The molecule has 0 amide bonds. The first-order valence-corrected chi connectivity index (χ1v) is 18.9. The number of carbonyl (C=O) groups excluding carboxylic acids is 2. The number of esters is 2. The van der Waals surface area contributed by atoms with Gasteiger partial charge in [-0.05, 0) is 12.8 Å². The summed E-state index contributed by atoms with van der Waals surface area (Å²) < 4.78 is 70.1. The first kappa shape index (κ1) is 49.5. The minimum absolute atomic E-state index is 0.163. The van der Waals surface area contributed by atoms with Crippen LogP contribution in [0, 0.1) is 0 Å². The molecule has 0 atom stereocenters. The minimum atomic E-state index is -0.163. The molecule has 15 nitrogen and oxygen atoms in total. The van der Waals surface area contributed by atoms with Gasteiger partial charge in [0.1, 0.15) is 13.2 Å². The van der Waals surface area contributed by atoms with Gasteiger partial charge in [-0.25, -0.2) is 0 Å². The Kier molecular flexibility index (Phi) is 43.3. The third kappa shape index (κ3) is 44.6. The van der Waals surface area contributed by atoms with Crippen LogP contribution in [-0.2, 0) is 71.2 Å². The van der Waals surface area contributed by atoms with Crippen LogP contribution in [0.3, 0.4) is 0 Å². The number of rotatable bonds is 44. The van der Waals surface area contributed by atoms with Crippen LogP contribution in [0.2, 0.25) is 0 Å². The molecule has 0 aromatic rings. The van der Waals surface area contributed by atoms with E-state index in [1.165, 1.54) is 0 Å². The van der Waals surface area contributed by atoms with Gasteiger partial charge in [0.25, 0.3) is 0 Å². The molecular formula is C36H70O15. The van der Waals surface area contributed by atoms with E-state index in [1.807, 2.05) is 0 Å². The van der Waals surface area contributed by atoms with E-state index in [2.05, 4.69) is 13.8 Å². The predicted octanol–water partition coefficient (Wildman–Crippen LogP) is 3.42. The van der Waals surface area contributed by atoms with Crippen LogP contribution in [0.15, 0.2) is 0 Å². The van der Waals surface area contributed by atoms with Gasteiger partial charge >= 0.3 is 11.9 Å². The Bertz CT molecular complexity index is 646. The zero-order valence-corrected chi connectivity index (χ0v) is 31.8. The van der Waals surface area contributed by atoms with Crippen LogP contribution >= 0.6 is 0 Å². The van der Waals surface area contributed by atoms with E-state index in [9.17, 15) is 9.59 Å². The summed E-state index contributed by atoms with van der Waals surface area (Å²) in [4.78, 5) is 22.9. The number of unbranched alkanes of at least 4 members (excludes halogenated alkanes) is 4. The summed E-state index contributed by atoms with van der Waals surface area (Å²) in [6.45, 7) is 15.1. The van der Waals surface area contributed by atoms with Gasteiger partial charge in [0.05, 0.1) is 145 Å². The summed E-state index contributed by atoms with van der Waals surface area (Å²) >= 11 is 0. The monoisotopic (exact) mass is 742 g/mol. The van der Waals surface area contributed by atoms with Gasteiger partial charge < -0.3 is 61.6 Å². The zero-order chi connectivity index (χ0) is 37.0. The molecule has 0 aliphatic carbocycles. The van der Waals surface area contributed by atoms with Crippen molar-refractivity contribution in [2.45, 2.75) is 65.2 Å². The van der Waals surface area contributed by atoms with E-state index in [0.29, 0.717) is 158 Å². The van der Waals surface area contributed by atoms with Crippen molar-refractivity contribution >= 4 is 11.9 Å². The average Bonchev–Trinajstić information content (AvgIpc) is 3.13. The zero-order valence-electron chi connectivity index (χ0n) is 31.8. The highest BCUT2D eigenvalue weighted by atomic mass is 16.6. The van der Waals surface area contributed by atoms with Crippen molar-refractivity contribution < 1.29 is 71.2 Å². The molecule has 0 aliphatic rings. The van der Waals surface area contributed by atoms with Gasteiger partial charge in [0, 0.05) is 12.8 Å². The molecule has 0 aromatic heterocycles. The van der Waals surface area contributed by atoms with Crippen LogP contribution in [0.4, 0.5) is 0 Å². The standard InChI is InChI=1S/C36H70O15/c1-3-5-7-9-35(37)50-33-31-48-29-27-46-25-23-44-21-19-42-17-15-40-13-11-39-12-14-41-16-18-43-20-22-45-24-26-47-28-30-49-32-34-51-36(38)10-8-6-4-2/h3-34H2,1-2H3. The Morgan fingerprint density at radius 2 is 0.451 bits per heavy atom. The average molecular weight is 743 g/mol. The molecule has 0 spiro atoms. The molecule has 0 fully saturated rings. The first-order valence-electron chi connectivity index (χ1n) is 18.9. The summed E-state index contributed by atoms with van der Waals surface area (Å²) in [5, 5.41) is 0. The fourth-order valence-corrected chi connectivity index (χ4v) is 3.91. The molecule has 304 valence electrons. The molecule has 0 rings (SSSR count). The van der Waals surface area contributed by atoms with E-state index >= 15 is 0 Å². The number of carbonyl (C=O) groups is 2. The second kappa shape index (κ2) is 44.7. The van der Waals surface area contributed by atoms with Gasteiger partial charge in [0.2, 0.25) is 0 Å². The third-order valence-electron chi connectivity index (χ3n) is 6.67. The Labute approximate surface area is 306 Å². The molecule has 0 N–H and O–H groups in total. The van der Waals surface area contributed by atoms with Crippen molar-refractivity contribution in [3.05, 3.63) is 0 Å². The maximum absolute atomic E-state index is 11.5. The molecule has 0 saturated heterocycles. The number of hydrogen-bond donors (Lipinski definition) is 0. The second-order valence-corrected chi connectivity index (χ2v) is 11.1. The number of hydrogen-bond acceptors (Lipinski definition) is 15. The van der Waals surface area contributed by atoms with Crippen LogP contribution < -0.4 is 0 Å². The SMILES string of the molecule is CCCCCC(=O)OCCOCCOCCOCCOCCOCCOCCOCCOCCOCCOCCOCCOC(=O)CCCCC. The molecule has 51 heavy (non-hydrogen) atoms. The Balaban J connectivity index is 3.10. The fraction of sp³-hybridized carbons (Fsp3) is 0.944. The Morgan fingerprint density at radius 1 is 0.275 bits per heavy atom. The van der Waals surface area contributed by atoms with Gasteiger partial charge in [0.15, 0.2) is 0 Å². The quantitative estimate of drug-likeness (QED) is 0.0661. The highest BCUT2D eigenvalue weighted by Gasteiger charge is 2.03. The molecule has 0 saturated carbocycles. The lowest BCUT2D eigenvalue weighted by Crippen LogP contribution is -2.16. The lowest BCUT2D eigenvalue weighted by Gasteiger charge is -2.09. The fourth-order valence-electron chi connectivity index (χ4n) is 3.91. The maximum atomic E-state index is 11.5. The summed E-state index contributed by atoms with van der Waals surface area (Å²) in [5.41, 5.74) is 0. The Morgan fingerprint density at radius 3 is 0.627 bits per heavy atom. The smallest absolute Gasteiger partial charge is 0.305 e. The van der Waals surface area contributed by atoms with Crippen LogP contribution in [0.25, 0.3) is 0 Å². The summed E-state index contributed by atoms with van der Waals surface area (Å²) in [5.74, 6) is -0.325. The van der Waals surface area contributed by atoms with E-state index in [4.69, 9.17) is 61.6 Å². The van der Waals surface area contributed by atoms with Gasteiger partial charge in [-0.15, -0.1) is 0 Å². The maximum Gasteiger partial charge on any atom is 0.305 e. The van der Waals surface area contributed by atoms with E-state index in [0.717, 1.165) is 38.5 Å². The molecule has 0 unspecified atom stereocenters. The molecule has 0 aromatic carbocycles. The highest BCUT2D eigenvalue weighted by molar-refractivity contribution is 5.69. The van der Waals surface area contributed by atoms with Crippen molar-refractivity contribution in [3.8, 4) is 0 Å². The molecule has 0 radical (unpaired) electrons. The van der Waals surface area contributed by atoms with Gasteiger partial charge in [-0.1, -0.05) is 39.5 Å².